The minimum atomic E-state index is -3.54. The van der Waals surface area contributed by atoms with Crippen LogP contribution in [0.1, 0.15) is 11.7 Å². The van der Waals surface area contributed by atoms with Gasteiger partial charge in [0.1, 0.15) is 4.21 Å². The van der Waals surface area contributed by atoms with Gasteiger partial charge in [-0.05, 0) is 28.3 Å². The van der Waals surface area contributed by atoms with Crippen molar-refractivity contribution in [1.82, 2.24) is 4.72 Å². The lowest BCUT2D eigenvalue weighted by atomic mass is 10.1. The molecule has 7 heteroatoms. The van der Waals surface area contributed by atoms with Gasteiger partial charge in [-0.25, -0.2) is 13.1 Å². The number of fused-ring (bicyclic) bond motifs is 1. The highest BCUT2D eigenvalue weighted by Gasteiger charge is 2.19. The molecule has 1 atom stereocenters. The number of hydrogen-bond acceptors (Lipinski definition) is 5. The van der Waals surface area contributed by atoms with Gasteiger partial charge in [-0.15, -0.1) is 22.7 Å². The molecule has 0 amide bonds. The smallest absolute Gasteiger partial charge is 0.250 e. The highest BCUT2D eigenvalue weighted by atomic mass is 32.2. The topological polar surface area (TPSA) is 66.4 Å². The molecule has 0 aliphatic carbocycles. The summed E-state index contributed by atoms with van der Waals surface area (Å²) < 4.78 is 27.8. The van der Waals surface area contributed by atoms with E-state index >= 15 is 0 Å². The molecule has 3 aromatic rings. The molecule has 110 valence electrons. The summed E-state index contributed by atoms with van der Waals surface area (Å²) in [5, 5.41) is 14.8. The van der Waals surface area contributed by atoms with E-state index in [1.807, 2.05) is 29.6 Å². The van der Waals surface area contributed by atoms with Crippen LogP contribution in [0.15, 0.2) is 51.4 Å². The fourth-order valence-corrected chi connectivity index (χ4v) is 5.13. The Morgan fingerprint density at radius 1 is 1.14 bits per heavy atom. The van der Waals surface area contributed by atoms with Gasteiger partial charge in [0.2, 0.25) is 10.0 Å². The van der Waals surface area contributed by atoms with Gasteiger partial charge in [0.25, 0.3) is 0 Å². The van der Waals surface area contributed by atoms with Gasteiger partial charge in [0, 0.05) is 16.8 Å². The van der Waals surface area contributed by atoms with Gasteiger partial charge in [-0.2, -0.15) is 0 Å². The van der Waals surface area contributed by atoms with Gasteiger partial charge < -0.3 is 5.11 Å². The molecule has 0 aliphatic heterocycles. The summed E-state index contributed by atoms with van der Waals surface area (Å²) in [5.74, 6) is 0. The number of aliphatic hydroxyl groups excluding tert-OH is 1. The van der Waals surface area contributed by atoms with Crippen molar-refractivity contribution in [2.75, 3.05) is 6.54 Å². The Kier molecular flexibility index (Phi) is 4.10. The average molecular weight is 339 g/mol. The summed E-state index contributed by atoms with van der Waals surface area (Å²) in [6, 6.07) is 11.0. The third-order valence-electron chi connectivity index (χ3n) is 3.10. The number of sulfonamides is 1. The second-order valence-electron chi connectivity index (χ2n) is 4.49. The zero-order chi connectivity index (χ0) is 14.9. The lowest BCUT2D eigenvalue weighted by molar-refractivity contribution is 0.184. The van der Waals surface area contributed by atoms with E-state index in [1.165, 1.54) is 11.3 Å². The fraction of sp³-hybridized carbons (Fsp3) is 0.143. The maximum Gasteiger partial charge on any atom is 0.250 e. The number of rotatable bonds is 5. The first kappa shape index (κ1) is 14.7. The molecular weight excluding hydrogens is 326 g/mol. The zero-order valence-electron chi connectivity index (χ0n) is 10.9. The van der Waals surface area contributed by atoms with Crippen LogP contribution in [0, 0.1) is 0 Å². The summed E-state index contributed by atoms with van der Waals surface area (Å²) in [4.78, 5) is 0. The molecule has 2 heterocycles. The van der Waals surface area contributed by atoms with Crippen LogP contribution in [-0.2, 0) is 10.0 Å². The number of hydrogen-bond donors (Lipinski definition) is 2. The van der Waals surface area contributed by atoms with E-state index in [0.717, 1.165) is 27.0 Å². The van der Waals surface area contributed by atoms with E-state index in [2.05, 4.69) is 4.72 Å². The van der Waals surface area contributed by atoms with Crippen molar-refractivity contribution in [1.29, 1.82) is 0 Å². The van der Waals surface area contributed by atoms with E-state index in [4.69, 9.17) is 0 Å². The molecule has 0 fully saturated rings. The lowest BCUT2D eigenvalue weighted by Crippen LogP contribution is -2.27. The molecule has 3 rings (SSSR count). The van der Waals surface area contributed by atoms with Crippen LogP contribution >= 0.6 is 22.7 Å². The largest absolute Gasteiger partial charge is 0.387 e. The van der Waals surface area contributed by atoms with E-state index < -0.39 is 16.1 Å². The molecule has 4 nitrogen and oxygen atoms in total. The quantitative estimate of drug-likeness (QED) is 0.751. The second-order valence-corrected chi connectivity index (χ2v) is 8.34. The van der Waals surface area contributed by atoms with Crippen molar-refractivity contribution < 1.29 is 13.5 Å². The number of aliphatic hydroxyl groups is 1. The van der Waals surface area contributed by atoms with Crippen LogP contribution in [0.4, 0.5) is 0 Å². The highest BCUT2D eigenvalue weighted by Crippen LogP contribution is 2.30. The minimum Gasteiger partial charge on any atom is -0.387 e. The monoisotopic (exact) mass is 339 g/mol. The number of thiophene rings is 2. The molecule has 21 heavy (non-hydrogen) atoms. The second kappa shape index (κ2) is 5.86. The zero-order valence-corrected chi connectivity index (χ0v) is 13.3. The van der Waals surface area contributed by atoms with Gasteiger partial charge in [-0.3, -0.25) is 0 Å². The Morgan fingerprint density at radius 2 is 1.95 bits per heavy atom. The third kappa shape index (κ3) is 3.02. The molecule has 0 spiro atoms. The molecule has 1 aromatic carbocycles. The van der Waals surface area contributed by atoms with Crippen molar-refractivity contribution in [3.8, 4) is 0 Å². The SMILES string of the molecule is O=S(=O)(NC[C@H](O)c1csc2ccccc12)c1cccs1. The molecular formula is C14H13NO3S3. The summed E-state index contributed by atoms with van der Waals surface area (Å²) in [6.07, 6.45) is -0.865. The van der Waals surface area contributed by atoms with Crippen LogP contribution in [-0.4, -0.2) is 20.1 Å². The van der Waals surface area contributed by atoms with Crippen LogP contribution < -0.4 is 4.72 Å². The fourth-order valence-electron chi connectivity index (χ4n) is 2.04. The van der Waals surface area contributed by atoms with Crippen molar-refractivity contribution in [2.24, 2.45) is 0 Å². The van der Waals surface area contributed by atoms with Crippen LogP contribution in [0.2, 0.25) is 0 Å². The normalized spacial score (nSPS) is 13.6. The standard InChI is InChI=1S/C14H13NO3S3/c16-12(8-15-21(17,18)14-6-3-7-19-14)11-9-20-13-5-2-1-4-10(11)13/h1-7,9,12,15-16H,8H2/t12-/m0/s1. The van der Waals surface area contributed by atoms with Crippen LogP contribution in [0.5, 0.6) is 0 Å². The molecule has 0 radical (unpaired) electrons. The van der Waals surface area contributed by atoms with Gasteiger partial charge in [0.05, 0.1) is 6.10 Å². The minimum absolute atomic E-state index is 0.0407. The molecule has 2 aromatic heterocycles. The maximum atomic E-state index is 12.0. The molecule has 0 saturated carbocycles. The summed E-state index contributed by atoms with van der Waals surface area (Å²) in [7, 11) is -3.54. The average Bonchev–Trinajstić information content (AvgIpc) is 3.14. The van der Waals surface area contributed by atoms with Gasteiger partial charge in [-0.1, -0.05) is 24.3 Å². The molecule has 0 saturated heterocycles. The Labute approximate surface area is 130 Å². The first-order chi connectivity index (χ1) is 10.1. The highest BCUT2D eigenvalue weighted by molar-refractivity contribution is 7.91. The summed E-state index contributed by atoms with van der Waals surface area (Å²) in [5.41, 5.74) is 0.754. The predicted molar refractivity (Wildman–Crippen MR) is 86.3 cm³/mol. The predicted octanol–water partition coefficient (Wildman–Crippen LogP) is 2.97. The number of benzene rings is 1. The number of nitrogens with one attached hydrogen (secondary N) is 1. The van der Waals surface area contributed by atoms with Crippen molar-refractivity contribution in [3.05, 3.63) is 52.7 Å². The Bertz CT molecular complexity index is 837. The van der Waals surface area contributed by atoms with Gasteiger partial charge in [0.15, 0.2) is 0 Å². The molecule has 0 unspecified atom stereocenters. The van der Waals surface area contributed by atoms with Crippen LogP contribution in [0.3, 0.4) is 0 Å². The van der Waals surface area contributed by atoms with Crippen molar-refractivity contribution in [2.45, 2.75) is 10.3 Å². The first-order valence-electron chi connectivity index (χ1n) is 6.25. The molecule has 2 N–H and O–H groups in total. The van der Waals surface area contributed by atoms with E-state index in [9.17, 15) is 13.5 Å². The lowest BCUT2D eigenvalue weighted by Gasteiger charge is -2.11. The summed E-state index contributed by atoms with van der Waals surface area (Å²) in [6.45, 7) is -0.0407. The Hall–Kier alpha value is -1.25. The van der Waals surface area contributed by atoms with E-state index in [1.54, 1.807) is 17.5 Å². The Balaban J connectivity index is 1.77. The van der Waals surface area contributed by atoms with E-state index in [-0.39, 0.29) is 10.8 Å². The third-order valence-corrected chi connectivity index (χ3v) is 6.90. The van der Waals surface area contributed by atoms with Crippen molar-refractivity contribution >= 4 is 42.8 Å². The summed E-state index contributed by atoms with van der Waals surface area (Å²) >= 11 is 2.69. The first-order valence-corrected chi connectivity index (χ1v) is 9.49. The molecule has 0 bridgehead atoms. The Morgan fingerprint density at radius 3 is 2.71 bits per heavy atom. The molecule has 0 aliphatic rings. The van der Waals surface area contributed by atoms with Gasteiger partial charge >= 0.3 is 0 Å². The van der Waals surface area contributed by atoms with Crippen LogP contribution in [0.25, 0.3) is 10.1 Å². The maximum absolute atomic E-state index is 12.0. The van der Waals surface area contributed by atoms with E-state index in [0.29, 0.717) is 0 Å². The van der Waals surface area contributed by atoms with Crippen molar-refractivity contribution in [3.63, 3.8) is 0 Å².